The second-order valence-corrected chi connectivity index (χ2v) is 11.6. The number of aromatic nitrogens is 2. The maximum atomic E-state index is 12.5. The van der Waals surface area contributed by atoms with Gasteiger partial charge in [-0.2, -0.15) is 0 Å². The van der Waals surface area contributed by atoms with Crippen LogP contribution >= 0.6 is 34.4 Å². The minimum atomic E-state index is -3.00. The van der Waals surface area contributed by atoms with Crippen molar-refractivity contribution in [2.24, 2.45) is 0 Å². The molecular formula is C16H22N4O3S4. The summed E-state index contributed by atoms with van der Waals surface area (Å²) in [6, 6.07) is 3.95. The summed E-state index contributed by atoms with van der Waals surface area (Å²) in [5.41, 5.74) is 0. The molecule has 11 heteroatoms. The van der Waals surface area contributed by atoms with Crippen LogP contribution < -0.4 is 5.32 Å². The van der Waals surface area contributed by atoms with Gasteiger partial charge in [-0.15, -0.1) is 21.5 Å². The first-order valence-electron chi connectivity index (χ1n) is 8.69. The van der Waals surface area contributed by atoms with Crippen molar-refractivity contribution in [1.82, 2.24) is 15.1 Å². The van der Waals surface area contributed by atoms with E-state index in [1.165, 1.54) is 28.0 Å². The van der Waals surface area contributed by atoms with Gasteiger partial charge in [-0.1, -0.05) is 29.2 Å². The van der Waals surface area contributed by atoms with Crippen LogP contribution in [0.25, 0.3) is 0 Å². The Balaban J connectivity index is 1.45. The van der Waals surface area contributed by atoms with Crippen LogP contribution in [0.5, 0.6) is 0 Å². The van der Waals surface area contributed by atoms with Gasteiger partial charge in [-0.25, -0.2) is 8.42 Å². The number of amides is 1. The van der Waals surface area contributed by atoms with Gasteiger partial charge >= 0.3 is 0 Å². The molecule has 7 nitrogen and oxygen atoms in total. The van der Waals surface area contributed by atoms with E-state index in [1.54, 1.807) is 16.2 Å². The standard InChI is InChI=1S/C16H22N4O3S4/c1-2-20(12-6-9-27(22,23)11-12)14(21)10-25-16-19-18-15(26-16)17-7-5-13-4-3-8-24-13/h3-4,8,12H,2,5-7,9-11H2,1H3,(H,17,18). The van der Waals surface area contributed by atoms with E-state index in [0.717, 1.165) is 22.4 Å². The number of thiophene rings is 1. The monoisotopic (exact) mass is 446 g/mol. The zero-order valence-corrected chi connectivity index (χ0v) is 18.2. The molecule has 1 fully saturated rings. The first-order chi connectivity index (χ1) is 13.0. The molecule has 0 saturated carbocycles. The fraction of sp³-hybridized carbons (Fsp3) is 0.562. The highest BCUT2D eigenvalue weighted by Crippen LogP contribution is 2.26. The molecule has 3 heterocycles. The molecule has 0 aromatic carbocycles. The number of hydrogen-bond acceptors (Lipinski definition) is 9. The molecule has 1 N–H and O–H groups in total. The van der Waals surface area contributed by atoms with Crippen molar-refractivity contribution in [3.63, 3.8) is 0 Å². The second kappa shape index (κ2) is 9.35. The summed E-state index contributed by atoms with van der Waals surface area (Å²) in [4.78, 5) is 15.5. The molecule has 3 rings (SSSR count). The highest BCUT2D eigenvalue weighted by atomic mass is 32.2. The van der Waals surface area contributed by atoms with E-state index in [1.807, 2.05) is 13.0 Å². The molecule has 1 aliphatic rings. The molecule has 1 amide bonds. The summed E-state index contributed by atoms with van der Waals surface area (Å²) in [5.74, 6) is 0.445. The van der Waals surface area contributed by atoms with Gasteiger partial charge in [0.05, 0.1) is 17.3 Å². The molecule has 1 atom stereocenters. The van der Waals surface area contributed by atoms with Crippen LogP contribution in [0.15, 0.2) is 21.9 Å². The average Bonchev–Trinajstić information content (AvgIpc) is 3.36. The third kappa shape index (κ3) is 5.90. The van der Waals surface area contributed by atoms with Crippen molar-refractivity contribution < 1.29 is 13.2 Å². The second-order valence-electron chi connectivity index (χ2n) is 6.15. The summed E-state index contributed by atoms with van der Waals surface area (Å²) < 4.78 is 24.1. The number of nitrogens with one attached hydrogen (secondary N) is 1. The van der Waals surface area contributed by atoms with Crippen molar-refractivity contribution in [1.29, 1.82) is 0 Å². The normalized spacial score (nSPS) is 18.5. The van der Waals surface area contributed by atoms with Gasteiger partial charge in [0.15, 0.2) is 14.2 Å². The maximum absolute atomic E-state index is 12.5. The Bertz CT molecular complexity index is 851. The van der Waals surface area contributed by atoms with Crippen LogP contribution in [-0.4, -0.2) is 65.8 Å². The first-order valence-corrected chi connectivity index (χ1v) is 13.2. The summed E-state index contributed by atoms with van der Waals surface area (Å²) in [7, 11) is -3.00. The number of thioether (sulfide) groups is 1. The van der Waals surface area contributed by atoms with E-state index < -0.39 is 9.84 Å². The summed E-state index contributed by atoms with van der Waals surface area (Å²) >= 11 is 4.51. The molecule has 2 aromatic rings. The summed E-state index contributed by atoms with van der Waals surface area (Å²) in [6.07, 6.45) is 1.47. The largest absolute Gasteiger partial charge is 0.360 e. The number of carbonyl (C=O) groups excluding carboxylic acids is 1. The van der Waals surface area contributed by atoms with E-state index in [9.17, 15) is 13.2 Å². The number of rotatable bonds is 9. The van der Waals surface area contributed by atoms with E-state index in [-0.39, 0.29) is 29.2 Å². The van der Waals surface area contributed by atoms with Crippen molar-refractivity contribution in [2.45, 2.75) is 30.1 Å². The Morgan fingerprint density at radius 2 is 2.30 bits per heavy atom. The molecule has 1 saturated heterocycles. The van der Waals surface area contributed by atoms with Crippen molar-refractivity contribution in [3.8, 4) is 0 Å². The molecule has 0 radical (unpaired) electrons. The third-order valence-corrected chi connectivity index (χ3v) is 8.95. The lowest BCUT2D eigenvalue weighted by Gasteiger charge is -2.26. The zero-order valence-electron chi connectivity index (χ0n) is 15.0. The predicted molar refractivity (Wildman–Crippen MR) is 112 cm³/mol. The highest BCUT2D eigenvalue weighted by molar-refractivity contribution is 8.01. The van der Waals surface area contributed by atoms with Gasteiger partial charge in [0.2, 0.25) is 11.0 Å². The van der Waals surface area contributed by atoms with Crippen molar-refractivity contribution >= 4 is 55.3 Å². The van der Waals surface area contributed by atoms with E-state index >= 15 is 0 Å². The molecule has 2 aromatic heterocycles. The number of nitrogens with zero attached hydrogens (tertiary/aromatic N) is 3. The van der Waals surface area contributed by atoms with Crippen LogP contribution in [0.4, 0.5) is 5.13 Å². The third-order valence-electron chi connectivity index (χ3n) is 4.26. The molecular weight excluding hydrogens is 424 g/mol. The lowest BCUT2D eigenvalue weighted by Crippen LogP contribution is -2.41. The molecule has 148 valence electrons. The van der Waals surface area contributed by atoms with E-state index in [2.05, 4.69) is 27.0 Å². The summed E-state index contributed by atoms with van der Waals surface area (Å²) in [6.45, 7) is 3.19. The van der Waals surface area contributed by atoms with Gasteiger partial charge < -0.3 is 10.2 Å². The summed E-state index contributed by atoms with van der Waals surface area (Å²) in [5, 5.41) is 14.3. The van der Waals surface area contributed by atoms with Gasteiger partial charge in [0, 0.05) is 24.0 Å². The Hall–Kier alpha value is -1.17. The lowest BCUT2D eigenvalue weighted by molar-refractivity contribution is -0.129. The number of hydrogen-bond donors (Lipinski definition) is 1. The van der Waals surface area contributed by atoms with Crippen molar-refractivity contribution in [2.75, 3.05) is 35.7 Å². The fourth-order valence-electron chi connectivity index (χ4n) is 2.95. The molecule has 1 aliphatic heterocycles. The molecule has 0 aliphatic carbocycles. The van der Waals surface area contributed by atoms with Crippen molar-refractivity contribution in [3.05, 3.63) is 22.4 Å². The topological polar surface area (TPSA) is 92.3 Å². The zero-order chi connectivity index (χ0) is 19.3. The van der Waals surface area contributed by atoms with Gasteiger partial charge in [0.25, 0.3) is 0 Å². The molecule has 1 unspecified atom stereocenters. The highest BCUT2D eigenvalue weighted by Gasteiger charge is 2.33. The maximum Gasteiger partial charge on any atom is 0.233 e. The molecule has 27 heavy (non-hydrogen) atoms. The van der Waals surface area contributed by atoms with Gasteiger partial charge in [-0.3, -0.25) is 4.79 Å². The lowest BCUT2D eigenvalue weighted by atomic mass is 10.2. The van der Waals surface area contributed by atoms with Gasteiger partial charge in [-0.05, 0) is 31.2 Å². The van der Waals surface area contributed by atoms with Crippen LogP contribution in [0.3, 0.4) is 0 Å². The smallest absolute Gasteiger partial charge is 0.233 e. The van der Waals surface area contributed by atoms with E-state index in [4.69, 9.17) is 0 Å². The Morgan fingerprint density at radius 3 is 2.96 bits per heavy atom. The average molecular weight is 447 g/mol. The predicted octanol–water partition coefficient (Wildman–Crippen LogP) is 2.38. The minimum Gasteiger partial charge on any atom is -0.360 e. The number of carbonyl (C=O) groups is 1. The van der Waals surface area contributed by atoms with Gasteiger partial charge in [0.1, 0.15) is 0 Å². The first kappa shape index (κ1) is 20.6. The van der Waals surface area contributed by atoms with Crippen LogP contribution in [-0.2, 0) is 21.1 Å². The van der Waals surface area contributed by atoms with Crippen LogP contribution in [0.1, 0.15) is 18.2 Å². The SMILES string of the molecule is CCN(C(=O)CSc1nnc(NCCc2cccs2)s1)C1CCS(=O)(=O)C1. The quantitative estimate of drug-likeness (QED) is 0.591. The fourth-order valence-corrected chi connectivity index (χ4v) is 7.06. The Kier molecular flexibility index (Phi) is 7.12. The van der Waals surface area contributed by atoms with E-state index in [0.29, 0.717) is 13.0 Å². The molecule has 0 spiro atoms. The Labute approximate surface area is 171 Å². The van der Waals surface area contributed by atoms with Crippen LogP contribution in [0, 0.1) is 0 Å². The van der Waals surface area contributed by atoms with Crippen LogP contribution in [0.2, 0.25) is 0 Å². The number of sulfone groups is 1. The number of anilines is 1. The molecule has 0 bridgehead atoms. The Morgan fingerprint density at radius 1 is 1.44 bits per heavy atom. The minimum absolute atomic E-state index is 0.0491.